The highest BCUT2D eigenvalue weighted by Gasteiger charge is 2.41. The summed E-state index contributed by atoms with van der Waals surface area (Å²) in [5.74, 6) is -0.965. The van der Waals surface area contributed by atoms with E-state index < -0.39 is 5.79 Å². The van der Waals surface area contributed by atoms with Gasteiger partial charge in [-0.3, -0.25) is 4.79 Å². The van der Waals surface area contributed by atoms with Gasteiger partial charge in [-0.1, -0.05) is 0 Å². The van der Waals surface area contributed by atoms with Crippen molar-refractivity contribution in [2.75, 3.05) is 20.3 Å². The van der Waals surface area contributed by atoms with Crippen molar-refractivity contribution in [1.29, 1.82) is 0 Å². The van der Waals surface area contributed by atoms with E-state index in [9.17, 15) is 4.79 Å². The molecule has 1 aliphatic heterocycles. The molecule has 0 spiro atoms. The van der Waals surface area contributed by atoms with E-state index in [1.807, 2.05) is 13.8 Å². The van der Waals surface area contributed by atoms with Crippen LogP contribution in [0.1, 0.15) is 20.8 Å². The maximum absolute atomic E-state index is 10.7. The molecule has 15 heavy (non-hydrogen) atoms. The van der Waals surface area contributed by atoms with Gasteiger partial charge in [0, 0.05) is 14.0 Å². The molecule has 0 aromatic heterocycles. The fourth-order valence-corrected chi connectivity index (χ4v) is 1.56. The van der Waals surface area contributed by atoms with E-state index in [4.69, 9.17) is 18.9 Å². The zero-order valence-electron chi connectivity index (χ0n) is 9.61. The highest BCUT2D eigenvalue weighted by molar-refractivity contribution is 5.65. The van der Waals surface area contributed by atoms with Gasteiger partial charge >= 0.3 is 5.97 Å². The maximum Gasteiger partial charge on any atom is 0.302 e. The van der Waals surface area contributed by atoms with Crippen LogP contribution in [0.25, 0.3) is 0 Å². The fourth-order valence-electron chi connectivity index (χ4n) is 1.56. The standard InChI is InChI=1S/C10H18O5/c1-7(11)13-6-9-8(5-12-4)14-10(2,3)15-9/h8-9H,5-6H2,1-4H3. The monoisotopic (exact) mass is 218 g/mol. The van der Waals surface area contributed by atoms with E-state index in [0.29, 0.717) is 6.61 Å². The number of hydrogen-bond acceptors (Lipinski definition) is 5. The molecule has 0 amide bonds. The van der Waals surface area contributed by atoms with Crippen molar-refractivity contribution in [3.63, 3.8) is 0 Å². The molecule has 0 aliphatic carbocycles. The first kappa shape index (κ1) is 12.4. The first-order valence-electron chi connectivity index (χ1n) is 4.92. The molecular weight excluding hydrogens is 200 g/mol. The number of methoxy groups -OCH3 is 1. The smallest absolute Gasteiger partial charge is 0.302 e. The third kappa shape index (κ3) is 3.77. The quantitative estimate of drug-likeness (QED) is 0.651. The molecule has 0 bridgehead atoms. The van der Waals surface area contributed by atoms with Crippen molar-refractivity contribution in [3.8, 4) is 0 Å². The van der Waals surface area contributed by atoms with Gasteiger partial charge in [0.2, 0.25) is 0 Å². The molecule has 88 valence electrons. The minimum atomic E-state index is -0.645. The van der Waals surface area contributed by atoms with Crippen LogP contribution in [0.3, 0.4) is 0 Å². The summed E-state index contributed by atoms with van der Waals surface area (Å²) in [6.07, 6.45) is -0.451. The minimum Gasteiger partial charge on any atom is -0.463 e. The van der Waals surface area contributed by atoms with Crippen molar-refractivity contribution < 1.29 is 23.7 Å². The second kappa shape index (κ2) is 4.92. The summed E-state index contributed by atoms with van der Waals surface area (Å²) in [6.45, 7) is 5.64. The van der Waals surface area contributed by atoms with Gasteiger partial charge in [-0.05, 0) is 13.8 Å². The Kier molecular flexibility index (Phi) is 4.07. The molecule has 1 heterocycles. The lowest BCUT2D eigenvalue weighted by Gasteiger charge is -2.16. The lowest BCUT2D eigenvalue weighted by atomic mass is 10.2. The van der Waals surface area contributed by atoms with Gasteiger partial charge in [-0.2, -0.15) is 0 Å². The molecule has 1 fully saturated rings. The average molecular weight is 218 g/mol. The summed E-state index contributed by atoms with van der Waals surface area (Å²) >= 11 is 0. The molecule has 0 N–H and O–H groups in total. The predicted molar refractivity (Wildman–Crippen MR) is 52.3 cm³/mol. The second-order valence-electron chi connectivity index (χ2n) is 3.97. The lowest BCUT2D eigenvalue weighted by molar-refractivity contribution is -0.159. The Hall–Kier alpha value is -0.650. The van der Waals surface area contributed by atoms with Crippen LogP contribution in [0.15, 0.2) is 0 Å². The Morgan fingerprint density at radius 2 is 1.80 bits per heavy atom. The average Bonchev–Trinajstić information content (AvgIpc) is 2.38. The van der Waals surface area contributed by atoms with Crippen molar-refractivity contribution in [1.82, 2.24) is 0 Å². The van der Waals surface area contributed by atoms with Crippen LogP contribution in [-0.2, 0) is 23.7 Å². The summed E-state index contributed by atoms with van der Waals surface area (Å²) in [6, 6.07) is 0. The number of hydrogen-bond donors (Lipinski definition) is 0. The number of rotatable bonds is 4. The Balaban J connectivity index is 2.49. The Morgan fingerprint density at radius 1 is 1.27 bits per heavy atom. The van der Waals surface area contributed by atoms with Crippen LogP contribution in [0, 0.1) is 0 Å². The van der Waals surface area contributed by atoms with Gasteiger partial charge in [0.1, 0.15) is 18.8 Å². The molecule has 1 saturated heterocycles. The van der Waals surface area contributed by atoms with Crippen LogP contribution in [0.4, 0.5) is 0 Å². The van der Waals surface area contributed by atoms with Crippen LogP contribution >= 0.6 is 0 Å². The first-order chi connectivity index (χ1) is 6.94. The van der Waals surface area contributed by atoms with Crippen LogP contribution in [-0.4, -0.2) is 44.3 Å². The van der Waals surface area contributed by atoms with E-state index in [1.54, 1.807) is 7.11 Å². The van der Waals surface area contributed by atoms with Gasteiger partial charge in [-0.25, -0.2) is 0 Å². The number of carbonyl (C=O) groups excluding carboxylic acids is 1. The van der Waals surface area contributed by atoms with Crippen molar-refractivity contribution in [3.05, 3.63) is 0 Å². The molecular formula is C10H18O5. The molecule has 1 aliphatic rings. The molecule has 0 radical (unpaired) electrons. The zero-order chi connectivity index (χ0) is 11.5. The largest absolute Gasteiger partial charge is 0.463 e. The van der Waals surface area contributed by atoms with Crippen LogP contribution < -0.4 is 0 Å². The van der Waals surface area contributed by atoms with Gasteiger partial charge < -0.3 is 18.9 Å². The number of carbonyl (C=O) groups is 1. The normalized spacial score (nSPS) is 29.1. The van der Waals surface area contributed by atoms with Crippen molar-refractivity contribution in [2.24, 2.45) is 0 Å². The summed E-state index contributed by atoms with van der Waals surface area (Å²) in [7, 11) is 1.59. The Labute approximate surface area is 89.6 Å². The predicted octanol–water partition coefficient (Wildman–Crippen LogP) is 0.716. The summed E-state index contributed by atoms with van der Waals surface area (Å²) in [4.78, 5) is 10.7. The molecule has 5 heteroatoms. The molecule has 0 saturated carbocycles. The maximum atomic E-state index is 10.7. The van der Waals surface area contributed by atoms with Crippen LogP contribution in [0.2, 0.25) is 0 Å². The van der Waals surface area contributed by atoms with Crippen LogP contribution in [0.5, 0.6) is 0 Å². The summed E-state index contributed by atoms with van der Waals surface area (Å²) in [5.41, 5.74) is 0. The molecule has 2 atom stereocenters. The van der Waals surface area contributed by atoms with Gasteiger partial charge in [0.25, 0.3) is 0 Å². The number of ether oxygens (including phenoxy) is 4. The SMILES string of the molecule is COCC1OC(C)(C)OC1COC(C)=O. The third-order valence-corrected chi connectivity index (χ3v) is 2.07. The van der Waals surface area contributed by atoms with E-state index >= 15 is 0 Å². The first-order valence-corrected chi connectivity index (χ1v) is 4.92. The van der Waals surface area contributed by atoms with Gasteiger partial charge in [0.05, 0.1) is 6.61 Å². The van der Waals surface area contributed by atoms with E-state index in [0.717, 1.165) is 0 Å². The van der Waals surface area contributed by atoms with Crippen molar-refractivity contribution >= 4 is 5.97 Å². The fraction of sp³-hybridized carbons (Fsp3) is 0.900. The molecule has 5 nitrogen and oxygen atoms in total. The van der Waals surface area contributed by atoms with Gasteiger partial charge in [-0.15, -0.1) is 0 Å². The summed E-state index contributed by atoms with van der Waals surface area (Å²) in [5, 5.41) is 0. The Morgan fingerprint density at radius 3 is 2.27 bits per heavy atom. The van der Waals surface area contributed by atoms with E-state index in [1.165, 1.54) is 6.92 Å². The topological polar surface area (TPSA) is 54.0 Å². The molecule has 0 aromatic rings. The minimum absolute atomic E-state index is 0.190. The lowest BCUT2D eigenvalue weighted by Crippen LogP contribution is -2.31. The Bertz CT molecular complexity index is 226. The number of esters is 1. The highest BCUT2D eigenvalue weighted by atomic mass is 16.8. The molecule has 1 rings (SSSR count). The third-order valence-electron chi connectivity index (χ3n) is 2.07. The van der Waals surface area contributed by atoms with E-state index in [-0.39, 0.29) is 24.8 Å². The summed E-state index contributed by atoms with van der Waals surface area (Å²) < 4.78 is 21.1. The van der Waals surface area contributed by atoms with Crippen molar-refractivity contribution in [2.45, 2.75) is 38.8 Å². The zero-order valence-corrected chi connectivity index (χ0v) is 9.61. The molecule has 0 aromatic carbocycles. The van der Waals surface area contributed by atoms with Gasteiger partial charge in [0.15, 0.2) is 5.79 Å². The second-order valence-corrected chi connectivity index (χ2v) is 3.97. The highest BCUT2D eigenvalue weighted by Crippen LogP contribution is 2.28. The molecule has 2 unspecified atom stereocenters. The van der Waals surface area contributed by atoms with E-state index in [2.05, 4.69) is 0 Å².